The van der Waals surface area contributed by atoms with Crippen LogP contribution in [0.3, 0.4) is 0 Å². The van der Waals surface area contributed by atoms with E-state index in [9.17, 15) is 9.90 Å². The zero-order valence-corrected chi connectivity index (χ0v) is 18.0. The number of aromatic hydroxyl groups is 1. The van der Waals surface area contributed by atoms with E-state index in [0.717, 1.165) is 22.6 Å². The van der Waals surface area contributed by atoms with Crippen LogP contribution in [0, 0.1) is 0 Å². The van der Waals surface area contributed by atoms with Crippen molar-refractivity contribution in [3.63, 3.8) is 0 Å². The van der Waals surface area contributed by atoms with E-state index in [1.165, 1.54) is 0 Å². The molecule has 1 N–H and O–H groups in total. The average molecular weight is 442 g/mol. The molecule has 5 rings (SSSR count). The van der Waals surface area contributed by atoms with Gasteiger partial charge < -0.3 is 19.5 Å². The largest absolute Gasteiger partial charge is 0.508 e. The fourth-order valence-electron chi connectivity index (χ4n) is 4.67. The maximum absolute atomic E-state index is 12.2. The van der Waals surface area contributed by atoms with E-state index in [2.05, 4.69) is 5.01 Å². The number of halogens is 1. The van der Waals surface area contributed by atoms with Crippen LogP contribution in [0.4, 0.5) is 4.79 Å². The normalized spacial score (nSPS) is 21.2. The summed E-state index contributed by atoms with van der Waals surface area (Å²) in [5.74, 6) is 1.04. The molecule has 8 heteroatoms. The molecule has 0 aliphatic carbocycles. The average Bonchev–Trinajstić information content (AvgIpc) is 3.23. The summed E-state index contributed by atoms with van der Waals surface area (Å²) in [6, 6.07) is 12.8. The molecule has 3 heterocycles. The molecule has 31 heavy (non-hydrogen) atoms. The lowest BCUT2D eigenvalue weighted by atomic mass is 9.91. The topological polar surface area (TPSA) is 74.6 Å². The number of hydrogen-bond acceptors (Lipinski definition) is 6. The number of phenols is 1. The first-order valence-corrected chi connectivity index (χ1v) is 10.9. The number of hydrazone groups is 1. The van der Waals surface area contributed by atoms with E-state index in [0.29, 0.717) is 44.0 Å². The molecule has 162 valence electrons. The van der Waals surface area contributed by atoms with Gasteiger partial charge in [-0.15, -0.1) is 0 Å². The molecule has 0 bridgehead atoms. The molecule has 0 saturated carbocycles. The lowest BCUT2D eigenvalue weighted by Gasteiger charge is -2.51. The van der Waals surface area contributed by atoms with Crippen molar-refractivity contribution in [2.45, 2.75) is 38.0 Å². The van der Waals surface area contributed by atoms with E-state index in [-0.39, 0.29) is 17.9 Å². The number of carbonyl (C=O) groups excluding carboxylic acids is 1. The highest BCUT2D eigenvalue weighted by Gasteiger charge is 2.52. The van der Waals surface area contributed by atoms with E-state index < -0.39 is 5.72 Å². The minimum Gasteiger partial charge on any atom is -0.508 e. The Hall–Kier alpha value is -2.93. The number of phenolic OH excluding ortho intramolecular Hbond substituents is 1. The minimum absolute atomic E-state index is 0.000367. The third kappa shape index (κ3) is 3.47. The van der Waals surface area contributed by atoms with Crippen molar-refractivity contribution in [1.29, 1.82) is 0 Å². The molecule has 1 atom stereocenters. The summed E-state index contributed by atoms with van der Waals surface area (Å²) in [6.45, 7) is 3.24. The van der Waals surface area contributed by atoms with Gasteiger partial charge in [0.05, 0.1) is 18.4 Å². The molecule has 1 amide bonds. The van der Waals surface area contributed by atoms with Gasteiger partial charge in [0.15, 0.2) is 0 Å². The second-order valence-electron chi connectivity index (χ2n) is 8.07. The minimum atomic E-state index is -0.632. The number of likely N-dealkylation sites (tertiary alicyclic amines) is 1. The summed E-state index contributed by atoms with van der Waals surface area (Å²) in [7, 11) is 0. The van der Waals surface area contributed by atoms with Crippen molar-refractivity contribution in [1.82, 2.24) is 9.91 Å². The second kappa shape index (κ2) is 7.64. The van der Waals surface area contributed by atoms with E-state index in [1.54, 1.807) is 17.0 Å². The van der Waals surface area contributed by atoms with Gasteiger partial charge in [0.1, 0.15) is 11.5 Å². The number of hydrogen-bond donors (Lipinski definition) is 1. The van der Waals surface area contributed by atoms with Crippen LogP contribution in [-0.4, -0.2) is 52.2 Å². The van der Waals surface area contributed by atoms with Crippen LogP contribution in [0.15, 0.2) is 47.6 Å². The highest BCUT2D eigenvalue weighted by Crippen LogP contribution is 2.50. The second-order valence-corrected chi connectivity index (χ2v) is 8.51. The predicted octanol–water partition coefficient (Wildman–Crippen LogP) is 4.54. The van der Waals surface area contributed by atoms with E-state index in [4.69, 9.17) is 26.2 Å². The fraction of sp³-hybridized carbons (Fsp3) is 0.391. The number of ether oxygens (including phenoxy) is 2. The summed E-state index contributed by atoms with van der Waals surface area (Å²) < 4.78 is 11.7. The number of carbonyl (C=O) groups is 1. The van der Waals surface area contributed by atoms with Crippen molar-refractivity contribution in [2.24, 2.45) is 5.10 Å². The van der Waals surface area contributed by atoms with Crippen LogP contribution in [0.25, 0.3) is 0 Å². The molecule has 1 saturated heterocycles. The molecule has 1 spiro atoms. The summed E-state index contributed by atoms with van der Waals surface area (Å²) in [6.07, 6.45) is 1.67. The van der Waals surface area contributed by atoms with Gasteiger partial charge >= 0.3 is 6.09 Å². The maximum Gasteiger partial charge on any atom is 0.409 e. The van der Waals surface area contributed by atoms with Crippen LogP contribution < -0.4 is 4.74 Å². The monoisotopic (exact) mass is 441 g/mol. The number of amides is 1. The molecule has 0 aromatic heterocycles. The molecule has 0 radical (unpaired) electrons. The molecular formula is C23H24ClN3O4. The standard InChI is InChI=1S/C23H24ClN3O4/c1-2-30-22(29)26-11-9-23(10-12-26)27-20(18-13-16(24)5-8-21(18)31-23)14-19(25-27)15-3-6-17(28)7-4-15/h3-8,13,20,28H,2,9-12,14H2,1H3. The van der Waals surface area contributed by atoms with Gasteiger partial charge in [-0.1, -0.05) is 11.6 Å². The van der Waals surface area contributed by atoms with Crippen LogP contribution in [0.1, 0.15) is 43.4 Å². The summed E-state index contributed by atoms with van der Waals surface area (Å²) >= 11 is 6.30. The Kier molecular flexibility index (Phi) is 4.93. The summed E-state index contributed by atoms with van der Waals surface area (Å²) in [5, 5.41) is 17.4. The van der Waals surface area contributed by atoms with Crippen molar-refractivity contribution in [2.75, 3.05) is 19.7 Å². The zero-order chi connectivity index (χ0) is 21.6. The van der Waals surface area contributed by atoms with Gasteiger partial charge in [0, 0.05) is 42.9 Å². The number of fused-ring (bicyclic) bond motifs is 4. The first kappa shape index (κ1) is 20.0. The molecule has 1 fully saturated rings. The molecule has 2 aromatic rings. The third-order valence-corrected chi connectivity index (χ3v) is 6.47. The fourth-order valence-corrected chi connectivity index (χ4v) is 4.85. The lowest BCUT2D eigenvalue weighted by molar-refractivity contribution is -0.147. The van der Waals surface area contributed by atoms with E-state index >= 15 is 0 Å². The highest BCUT2D eigenvalue weighted by molar-refractivity contribution is 6.30. The Labute approximate surface area is 185 Å². The smallest absolute Gasteiger partial charge is 0.409 e. The highest BCUT2D eigenvalue weighted by atomic mass is 35.5. The Morgan fingerprint density at radius 3 is 2.71 bits per heavy atom. The molecule has 2 aromatic carbocycles. The maximum atomic E-state index is 12.2. The number of benzene rings is 2. The SMILES string of the molecule is CCOC(=O)N1CCC2(CC1)Oc1ccc(Cl)cc1C1CC(c3ccc(O)cc3)=NN12. The van der Waals surface area contributed by atoms with Crippen molar-refractivity contribution < 1.29 is 19.4 Å². The summed E-state index contributed by atoms with van der Waals surface area (Å²) in [5.41, 5.74) is 2.29. The molecule has 3 aliphatic heterocycles. The number of rotatable bonds is 2. The van der Waals surface area contributed by atoms with Gasteiger partial charge in [-0.05, 0) is 55.0 Å². The van der Waals surface area contributed by atoms with Gasteiger partial charge in [-0.25, -0.2) is 9.80 Å². The Balaban J connectivity index is 1.49. The van der Waals surface area contributed by atoms with Crippen LogP contribution >= 0.6 is 11.6 Å². The Bertz CT molecular complexity index is 1030. The molecular weight excluding hydrogens is 418 g/mol. The van der Waals surface area contributed by atoms with Crippen molar-refractivity contribution in [3.05, 3.63) is 58.6 Å². The molecule has 3 aliphatic rings. The van der Waals surface area contributed by atoms with Crippen molar-refractivity contribution >= 4 is 23.4 Å². The summed E-state index contributed by atoms with van der Waals surface area (Å²) in [4.78, 5) is 13.9. The Morgan fingerprint density at radius 2 is 2.00 bits per heavy atom. The molecule has 1 unspecified atom stereocenters. The van der Waals surface area contributed by atoms with Gasteiger partial charge in [-0.3, -0.25) is 0 Å². The first-order valence-electron chi connectivity index (χ1n) is 10.6. The lowest BCUT2D eigenvalue weighted by Crippen LogP contribution is -2.59. The van der Waals surface area contributed by atoms with Gasteiger partial charge in [0.2, 0.25) is 5.72 Å². The van der Waals surface area contributed by atoms with Crippen LogP contribution in [-0.2, 0) is 4.74 Å². The predicted molar refractivity (Wildman–Crippen MR) is 116 cm³/mol. The van der Waals surface area contributed by atoms with Gasteiger partial charge in [0.25, 0.3) is 0 Å². The van der Waals surface area contributed by atoms with Crippen molar-refractivity contribution in [3.8, 4) is 11.5 Å². The molecule has 7 nitrogen and oxygen atoms in total. The zero-order valence-electron chi connectivity index (χ0n) is 17.3. The van der Waals surface area contributed by atoms with Crippen LogP contribution in [0.2, 0.25) is 5.02 Å². The quantitative estimate of drug-likeness (QED) is 0.740. The number of nitrogens with zero attached hydrogens (tertiary/aromatic N) is 3. The number of piperidine rings is 1. The van der Waals surface area contributed by atoms with E-state index in [1.807, 2.05) is 37.3 Å². The third-order valence-electron chi connectivity index (χ3n) is 6.23. The Morgan fingerprint density at radius 1 is 1.26 bits per heavy atom. The van der Waals surface area contributed by atoms with Gasteiger partial charge in [-0.2, -0.15) is 5.10 Å². The van der Waals surface area contributed by atoms with Crippen LogP contribution in [0.5, 0.6) is 11.5 Å². The first-order chi connectivity index (χ1) is 15.0.